The molecule has 3 nitrogen and oxygen atoms in total. The molecule has 0 heterocycles. The second-order valence-electron chi connectivity index (χ2n) is 4.42. The van der Waals surface area contributed by atoms with Crippen LogP contribution < -0.4 is 5.73 Å². The molecule has 3 heteroatoms. The van der Waals surface area contributed by atoms with Gasteiger partial charge in [-0.05, 0) is 18.8 Å². The highest BCUT2D eigenvalue weighted by atomic mass is 16.2. The third-order valence-electron chi connectivity index (χ3n) is 3.14. The zero-order valence-electron chi connectivity index (χ0n) is 9.78. The molecule has 1 amide bonds. The van der Waals surface area contributed by atoms with E-state index in [0.717, 1.165) is 19.3 Å². The molecular weight excluding hydrogens is 188 g/mol. The van der Waals surface area contributed by atoms with Crippen molar-refractivity contribution in [3.63, 3.8) is 0 Å². The lowest BCUT2D eigenvalue weighted by molar-refractivity contribution is -0.133. The number of nitrogens with zero attached hydrogens (tertiary/aromatic N) is 1. The van der Waals surface area contributed by atoms with Gasteiger partial charge in [-0.15, -0.1) is 6.58 Å². The Balaban J connectivity index is 2.58. The van der Waals surface area contributed by atoms with Gasteiger partial charge < -0.3 is 10.6 Å². The number of hydrogen-bond donors (Lipinski definition) is 1. The summed E-state index contributed by atoms with van der Waals surface area (Å²) in [5.41, 5.74) is 5.94. The Morgan fingerprint density at radius 1 is 1.67 bits per heavy atom. The third-order valence-corrected chi connectivity index (χ3v) is 3.14. The lowest BCUT2D eigenvalue weighted by atomic mass is 9.99. The molecule has 0 aromatic carbocycles. The van der Waals surface area contributed by atoms with Crippen molar-refractivity contribution in [2.24, 2.45) is 11.7 Å². The second kappa shape index (κ2) is 5.31. The molecule has 0 saturated heterocycles. The molecule has 0 aliphatic heterocycles. The number of carbonyl (C=O) groups is 1. The van der Waals surface area contributed by atoms with Crippen LogP contribution in [0.25, 0.3) is 0 Å². The molecular formula is C12H22N2O. The van der Waals surface area contributed by atoms with Gasteiger partial charge in [0, 0.05) is 12.6 Å². The maximum atomic E-state index is 12.1. The van der Waals surface area contributed by atoms with Crippen molar-refractivity contribution < 1.29 is 4.79 Å². The van der Waals surface area contributed by atoms with E-state index in [9.17, 15) is 4.79 Å². The van der Waals surface area contributed by atoms with Crippen molar-refractivity contribution in [2.75, 3.05) is 6.54 Å². The molecule has 0 aromatic heterocycles. The fourth-order valence-corrected chi connectivity index (χ4v) is 1.63. The van der Waals surface area contributed by atoms with Gasteiger partial charge in [-0.1, -0.05) is 26.3 Å². The molecule has 1 aliphatic rings. The van der Waals surface area contributed by atoms with Gasteiger partial charge in [0.2, 0.25) is 5.91 Å². The van der Waals surface area contributed by atoms with Gasteiger partial charge in [0.25, 0.3) is 0 Å². The van der Waals surface area contributed by atoms with E-state index < -0.39 is 0 Å². The van der Waals surface area contributed by atoms with E-state index in [4.69, 9.17) is 5.73 Å². The minimum absolute atomic E-state index is 0.0896. The van der Waals surface area contributed by atoms with Gasteiger partial charge in [0.15, 0.2) is 0 Å². The Morgan fingerprint density at radius 3 is 2.67 bits per heavy atom. The summed E-state index contributed by atoms with van der Waals surface area (Å²) in [5, 5.41) is 0. The molecule has 0 unspecified atom stereocenters. The molecule has 1 fully saturated rings. The van der Waals surface area contributed by atoms with Crippen molar-refractivity contribution in [2.45, 2.75) is 45.2 Å². The van der Waals surface area contributed by atoms with Crippen LogP contribution in [0.3, 0.4) is 0 Å². The molecule has 86 valence electrons. The van der Waals surface area contributed by atoms with Crippen LogP contribution >= 0.6 is 0 Å². The Labute approximate surface area is 92.3 Å². The van der Waals surface area contributed by atoms with Gasteiger partial charge in [-0.2, -0.15) is 0 Å². The summed E-state index contributed by atoms with van der Waals surface area (Å²) in [6, 6.07) is 0.0705. The minimum Gasteiger partial charge on any atom is -0.335 e. The van der Waals surface area contributed by atoms with Crippen LogP contribution in [0.2, 0.25) is 0 Å². The first-order chi connectivity index (χ1) is 7.11. The van der Waals surface area contributed by atoms with Crippen molar-refractivity contribution in [3.05, 3.63) is 12.7 Å². The Hall–Kier alpha value is -0.830. The number of carbonyl (C=O) groups excluding carboxylic acids is 1. The van der Waals surface area contributed by atoms with Gasteiger partial charge >= 0.3 is 0 Å². The Kier molecular flexibility index (Phi) is 4.33. The molecule has 0 spiro atoms. The summed E-state index contributed by atoms with van der Waals surface area (Å²) in [6.45, 7) is 8.41. The first-order valence-corrected chi connectivity index (χ1v) is 5.78. The Bertz CT molecular complexity index is 236. The quantitative estimate of drug-likeness (QED) is 0.676. The average molecular weight is 210 g/mol. The zero-order valence-corrected chi connectivity index (χ0v) is 9.78. The standard InChI is InChI=1S/C12H22N2O/c1-4-8-14(10-6-7-10)12(15)11(13)9(3)5-2/h4,9-11H,1,5-8,13H2,2-3H3/t9-,11-/m0/s1. The maximum Gasteiger partial charge on any atom is 0.240 e. The molecule has 1 rings (SSSR count). The van der Waals surface area contributed by atoms with E-state index in [1.165, 1.54) is 0 Å². The highest BCUT2D eigenvalue weighted by Gasteiger charge is 2.35. The fraction of sp³-hybridized carbons (Fsp3) is 0.750. The van der Waals surface area contributed by atoms with Crippen LogP contribution in [0.5, 0.6) is 0 Å². The van der Waals surface area contributed by atoms with Gasteiger partial charge in [-0.25, -0.2) is 0 Å². The van der Waals surface area contributed by atoms with E-state index >= 15 is 0 Å². The summed E-state index contributed by atoms with van der Waals surface area (Å²) in [5.74, 6) is 0.343. The lowest BCUT2D eigenvalue weighted by Crippen LogP contribution is -2.48. The molecule has 0 radical (unpaired) electrons. The number of rotatable bonds is 6. The van der Waals surface area contributed by atoms with Crippen LogP contribution in [0.15, 0.2) is 12.7 Å². The van der Waals surface area contributed by atoms with E-state index in [1.54, 1.807) is 6.08 Å². The predicted molar refractivity (Wildman–Crippen MR) is 62.4 cm³/mol. The predicted octanol–water partition coefficient (Wildman–Crippen LogP) is 1.54. The zero-order chi connectivity index (χ0) is 11.4. The SMILES string of the molecule is C=CCN(C(=O)[C@@H](N)[C@@H](C)CC)C1CC1. The molecule has 0 bridgehead atoms. The summed E-state index contributed by atoms with van der Waals surface area (Å²) in [7, 11) is 0. The van der Waals surface area contributed by atoms with Gasteiger partial charge in [0.1, 0.15) is 0 Å². The maximum absolute atomic E-state index is 12.1. The summed E-state index contributed by atoms with van der Waals surface area (Å²) < 4.78 is 0. The van der Waals surface area contributed by atoms with Crippen LogP contribution in [0.1, 0.15) is 33.1 Å². The minimum atomic E-state index is -0.351. The van der Waals surface area contributed by atoms with E-state index in [-0.39, 0.29) is 17.9 Å². The van der Waals surface area contributed by atoms with Crippen LogP contribution in [0.4, 0.5) is 0 Å². The lowest BCUT2D eigenvalue weighted by Gasteiger charge is -2.27. The number of amides is 1. The topological polar surface area (TPSA) is 46.3 Å². The number of hydrogen-bond acceptors (Lipinski definition) is 2. The normalized spacial score (nSPS) is 19.4. The molecule has 2 N–H and O–H groups in total. The molecule has 0 aromatic rings. The monoisotopic (exact) mass is 210 g/mol. The molecule has 15 heavy (non-hydrogen) atoms. The van der Waals surface area contributed by atoms with E-state index in [2.05, 4.69) is 13.5 Å². The van der Waals surface area contributed by atoms with Crippen molar-refractivity contribution in [1.82, 2.24) is 4.90 Å². The summed E-state index contributed by atoms with van der Waals surface area (Å²) in [4.78, 5) is 13.9. The van der Waals surface area contributed by atoms with Crippen LogP contribution in [0, 0.1) is 5.92 Å². The number of nitrogens with two attached hydrogens (primary N) is 1. The fourth-order valence-electron chi connectivity index (χ4n) is 1.63. The highest BCUT2D eigenvalue weighted by molar-refractivity contribution is 5.82. The largest absolute Gasteiger partial charge is 0.335 e. The van der Waals surface area contributed by atoms with E-state index in [1.807, 2.05) is 11.8 Å². The second-order valence-corrected chi connectivity index (χ2v) is 4.42. The molecule has 1 aliphatic carbocycles. The first-order valence-electron chi connectivity index (χ1n) is 5.78. The van der Waals surface area contributed by atoms with Gasteiger partial charge in [-0.3, -0.25) is 4.79 Å². The van der Waals surface area contributed by atoms with Crippen molar-refractivity contribution >= 4 is 5.91 Å². The van der Waals surface area contributed by atoms with Crippen molar-refractivity contribution in [3.8, 4) is 0 Å². The smallest absolute Gasteiger partial charge is 0.240 e. The van der Waals surface area contributed by atoms with Crippen molar-refractivity contribution in [1.29, 1.82) is 0 Å². The first kappa shape index (κ1) is 12.2. The molecule has 1 saturated carbocycles. The van der Waals surface area contributed by atoms with E-state index in [0.29, 0.717) is 12.6 Å². The average Bonchev–Trinajstić information content (AvgIpc) is 3.06. The molecule has 2 atom stereocenters. The van der Waals surface area contributed by atoms with Gasteiger partial charge in [0.05, 0.1) is 6.04 Å². The van der Waals surface area contributed by atoms with Crippen LogP contribution in [-0.2, 0) is 4.79 Å². The summed E-state index contributed by atoms with van der Waals surface area (Å²) in [6.07, 6.45) is 4.96. The summed E-state index contributed by atoms with van der Waals surface area (Å²) >= 11 is 0. The van der Waals surface area contributed by atoms with Crippen LogP contribution in [-0.4, -0.2) is 29.4 Å². The highest BCUT2D eigenvalue weighted by Crippen LogP contribution is 2.27. The third kappa shape index (κ3) is 3.06. The Morgan fingerprint density at radius 2 is 2.27 bits per heavy atom.